The summed E-state index contributed by atoms with van der Waals surface area (Å²) in [5.41, 5.74) is -1.64. The number of phenolic OH excluding ortho intramolecular Hbond substituents is 1. The second kappa shape index (κ2) is 12.7. The fraction of sp³-hybridized carbons (Fsp3) is 0.368. The van der Waals surface area contributed by atoms with Crippen molar-refractivity contribution in [2.45, 2.75) is 50.7 Å². The molecule has 0 unspecified atom stereocenters. The minimum absolute atomic E-state index is 0.0154. The normalized spacial score (nSPS) is 16.9. The average molecular weight is 714 g/mol. The molecule has 3 aliphatic rings. The minimum atomic E-state index is -1.10. The third-order valence-corrected chi connectivity index (χ3v) is 10.6. The van der Waals surface area contributed by atoms with Crippen LogP contribution in [-0.4, -0.2) is 86.4 Å². The molecule has 0 radical (unpaired) electrons. The molecule has 3 aromatic carbocycles. The zero-order valence-corrected chi connectivity index (χ0v) is 28.6. The van der Waals surface area contributed by atoms with Gasteiger partial charge >= 0.3 is 6.01 Å². The summed E-state index contributed by atoms with van der Waals surface area (Å²) in [7, 11) is 3.01. The van der Waals surface area contributed by atoms with E-state index in [1.165, 1.54) is 35.8 Å². The lowest BCUT2D eigenvalue weighted by Gasteiger charge is -2.31. The summed E-state index contributed by atoms with van der Waals surface area (Å²) in [6, 6.07) is 5.89. The number of anilines is 1. The predicted molar refractivity (Wildman–Crippen MR) is 186 cm³/mol. The van der Waals surface area contributed by atoms with Crippen molar-refractivity contribution in [1.29, 1.82) is 0 Å². The first-order valence-electron chi connectivity index (χ1n) is 17.2. The number of halogens is 4. The molecule has 2 fully saturated rings. The zero-order chi connectivity index (χ0) is 36.5. The number of amides is 1. The highest BCUT2D eigenvalue weighted by Gasteiger charge is 2.45. The molecule has 0 aliphatic carbocycles. The van der Waals surface area contributed by atoms with Gasteiger partial charge in [0.05, 0.1) is 28.9 Å². The molecule has 0 saturated carbocycles. The Labute approximate surface area is 296 Å². The Morgan fingerprint density at radius 3 is 2.50 bits per heavy atom. The number of phenols is 1. The van der Waals surface area contributed by atoms with Crippen molar-refractivity contribution in [2.75, 3.05) is 45.2 Å². The van der Waals surface area contributed by atoms with E-state index < -0.39 is 34.7 Å². The van der Waals surface area contributed by atoms with E-state index in [2.05, 4.69) is 20.9 Å². The number of carbonyl (C=O) groups excluding carboxylic acids is 1. The fourth-order valence-electron chi connectivity index (χ4n) is 8.15. The van der Waals surface area contributed by atoms with Crippen LogP contribution in [0.4, 0.5) is 23.4 Å². The van der Waals surface area contributed by atoms with Crippen LogP contribution >= 0.6 is 0 Å². The molecule has 2 saturated heterocycles. The van der Waals surface area contributed by atoms with Crippen LogP contribution in [0.3, 0.4) is 0 Å². The number of aromatic hydroxyl groups is 1. The molecule has 52 heavy (non-hydrogen) atoms. The molecule has 1 N–H and O–H groups in total. The van der Waals surface area contributed by atoms with Gasteiger partial charge in [-0.1, -0.05) is 12.0 Å². The highest BCUT2D eigenvalue weighted by atomic mass is 19.1. The monoisotopic (exact) mass is 713 g/mol. The van der Waals surface area contributed by atoms with Crippen molar-refractivity contribution in [3.63, 3.8) is 0 Å². The standard InChI is InChI=1S/C38H35F4N7O3/c1-4-23-26(39)9-8-21-16-22(50)17-24(29(21)23)30-27(40)18-25-33(32(30)42)43-37(52-20-38-10-5-13-48(38)14-6-11-38)44-35(25)47-12-7-15-49-28(19-47)31(41)34(45-49)36(51)46(2)3/h1,8-9,16-18,50H,5-7,10-15,19-20H2,2-3H3. The van der Waals surface area contributed by atoms with Gasteiger partial charge < -0.3 is 19.6 Å². The molecular formula is C38H35F4N7O3. The SMILES string of the molecule is C#Cc1c(F)ccc2cc(O)cc(-c3c(F)cc4c(N5CCCn6nc(C(=O)N(C)C)c(F)c6C5)nc(OCC56CCCN5CCC6)nc4c3F)c12. The number of carbonyl (C=O) groups is 1. The van der Waals surface area contributed by atoms with Gasteiger partial charge in [-0.05, 0) is 74.8 Å². The summed E-state index contributed by atoms with van der Waals surface area (Å²) in [6.07, 6.45) is 10.0. The van der Waals surface area contributed by atoms with E-state index in [1.807, 2.05) is 0 Å². The highest BCUT2D eigenvalue weighted by Crippen LogP contribution is 2.43. The number of hydrogen-bond acceptors (Lipinski definition) is 8. The van der Waals surface area contributed by atoms with Gasteiger partial charge in [-0.25, -0.2) is 17.6 Å². The van der Waals surface area contributed by atoms with Crippen LogP contribution < -0.4 is 9.64 Å². The van der Waals surface area contributed by atoms with Gasteiger partial charge in [0.25, 0.3) is 5.91 Å². The van der Waals surface area contributed by atoms with Crippen molar-refractivity contribution in [2.24, 2.45) is 0 Å². The second-order valence-electron chi connectivity index (χ2n) is 13.9. The van der Waals surface area contributed by atoms with Crippen LogP contribution in [-0.2, 0) is 13.1 Å². The summed E-state index contributed by atoms with van der Waals surface area (Å²) < 4.78 is 72.0. The van der Waals surface area contributed by atoms with E-state index in [0.717, 1.165) is 57.0 Å². The molecule has 0 spiro atoms. The highest BCUT2D eigenvalue weighted by molar-refractivity contribution is 6.04. The molecular weight excluding hydrogens is 678 g/mol. The van der Waals surface area contributed by atoms with E-state index >= 15 is 13.2 Å². The van der Waals surface area contributed by atoms with E-state index in [4.69, 9.17) is 16.1 Å². The molecule has 3 aliphatic heterocycles. The Balaban J connectivity index is 1.31. The number of terminal acetylenes is 1. The summed E-state index contributed by atoms with van der Waals surface area (Å²) >= 11 is 0. The van der Waals surface area contributed by atoms with E-state index in [9.17, 15) is 14.3 Å². The number of aromatic nitrogens is 4. The number of fused-ring (bicyclic) bond motifs is 4. The van der Waals surface area contributed by atoms with E-state index in [0.29, 0.717) is 19.5 Å². The number of rotatable bonds is 6. The van der Waals surface area contributed by atoms with E-state index in [-0.39, 0.29) is 80.5 Å². The van der Waals surface area contributed by atoms with Crippen LogP contribution in [0.5, 0.6) is 11.8 Å². The molecule has 10 nitrogen and oxygen atoms in total. The molecule has 0 bridgehead atoms. The third kappa shape index (κ3) is 5.37. The van der Waals surface area contributed by atoms with Crippen LogP contribution in [0.2, 0.25) is 0 Å². The second-order valence-corrected chi connectivity index (χ2v) is 13.9. The average Bonchev–Trinajstić information content (AvgIpc) is 3.74. The lowest BCUT2D eigenvalue weighted by molar-refractivity contribution is 0.0816. The molecule has 268 valence electrons. The van der Waals surface area contributed by atoms with Crippen molar-refractivity contribution >= 4 is 33.4 Å². The van der Waals surface area contributed by atoms with Crippen LogP contribution in [0, 0.1) is 35.6 Å². The predicted octanol–water partition coefficient (Wildman–Crippen LogP) is 6.01. The lowest BCUT2D eigenvalue weighted by Crippen LogP contribution is -2.43. The summed E-state index contributed by atoms with van der Waals surface area (Å²) in [6.45, 7) is 2.64. The molecule has 1 amide bonds. The molecule has 5 heterocycles. The van der Waals surface area contributed by atoms with Crippen molar-refractivity contribution in [3.8, 4) is 35.2 Å². The number of benzene rings is 3. The van der Waals surface area contributed by atoms with Gasteiger partial charge in [-0.3, -0.25) is 14.4 Å². The molecule has 8 rings (SSSR count). The van der Waals surface area contributed by atoms with Crippen LogP contribution in [0.25, 0.3) is 32.8 Å². The maximum atomic E-state index is 17.1. The maximum absolute atomic E-state index is 17.1. The Kier molecular flexibility index (Phi) is 8.21. The smallest absolute Gasteiger partial charge is 0.319 e. The van der Waals surface area contributed by atoms with Crippen molar-refractivity contribution in [3.05, 3.63) is 70.6 Å². The molecule has 2 aromatic heterocycles. The van der Waals surface area contributed by atoms with E-state index in [1.54, 1.807) is 4.90 Å². The molecule has 5 aromatic rings. The van der Waals surface area contributed by atoms with Gasteiger partial charge in [0.1, 0.15) is 35.3 Å². The largest absolute Gasteiger partial charge is 0.508 e. The Hall–Kier alpha value is -5.42. The topological polar surface area (TPSA) is 99.9 Å². The Bertz CT molecular complexity index is 2330. The third-order valence-electron chi connectivity index (χ3n) is 10.6. The summed E-state index contributed by atoms with van der Waals surface area (Å²) in [4.78, 5) is 27.2. The Morgan fingerprint density at radius 1 is 1.00 bits per heavy atom. The number of aryl methyl sites for hydroxylation is 1. The van der Waals surface area contributed by atoms with Gasteiger partial charge in [-0.2, -0.15) is 15.1 Å². The van der Waals surface area contributed by atoms with Gasteiger partial charge in [-0.15, -0.1) is 6.42 Å². The Morgan fingerprint density at radius 2 is 1.77 bits per heavy atom. The first-order chi connectivity index (χ1) is 25.0. The van der Waals surface area contributed by atoms with Crippen molar-refractivity contribution < 1.29 is 32.2 Å². The lowest BCUT2D eigenvalue weighted by atomic mass is 9.92. The van der Waals surface area contributed by atoms with Gasteiger partial charge in [0, 0.05) is 43.5 Å². The fourth-order valence-corrected chi connectivity index (χ4v) is 8.15. The molecule has 0 atom stereocenters. The summed E-state index contributed by atoms with van der Waals surface area (Å²) in [5.74, 6) is -2.22. The quantitative estimate of drug-likeness (QED) is 0.169. The number of hydrogen-bond donors (Lipinski definition) is 1. The van der Waals surface area contributed by atoms with Crippen molar-refractivity contribution in [1.82, 2.24) is 29.5 Å². The zero-order valence-electron chi connectivity index (χ0n) is 28.6. The molecule has 14 heteroatoms. The number of nitrogens with zero attached hydrogens (tertiary/aromatic N) is 7. The first-order valence-corrected chi connectivity index (χ1v) is 17.2. The van der Waals surface area contributed by atoms with Gasteiger partial charge in [0.2, 0.25) is 0 Å². The maximum Gasteiger partial charge on any atom is 0.319 e. The van der Waals surface area contributed by atoms with Crippen LogP contribution in [0.1, 0.15) is 53.8 Å². The van der Waals surface area contributed by atoms with Crippen LogP contribution in [0.15, 0.2) is 30.3 Å². The number of ether oxygens (including phenoxy) is 1. The summed E-state index contributed by atoms with van der Waals surface area (Å²) in [5, 5.41) is 15.2. The first kappa shape index (κ1) is 33.7. The minimum Gasteiger partial charge on any atom is -0.508 e. The van der Waals surface area contributed by atoms with Gasteiger partial charge in [0.15, 0.2) is 17.3 Å².